The fourth-order valence-electron chi connectivity index (χ4n) is 2.58. The van der Waals surface area contributed by atoms with Crippen LogP contribution < -0.4 is 4.74 Å². The molecule has 1 atom stereocenters. The number of hydrogen-bond donors (Lipinski definition) is 0. The first-order valence-corrected chi connectivity index (χ1v) is 7.02. The average molecular weight is 305 g/mol. The van der Waals surface area contributed by atoms with E-state index < -0.39 is 11.9 Å². The van der Waals surface area contributed by atoms with E-state index in [1.165, 1.54) is 12.0 Å². The van der Waals surface area contributed by atoms with Gasteiger partial charge in [-0.2, -0.15) is 0 Å². The lowest BCUT2D eigenvalue weighted by Crippen LogP contribution is -2.46. The van der Waals surface area contributed by atoms with Gasteiger partial charge in [0.1, 0.15) is 11.7 Å². The van der Waals surface area contributed by atoms with Gasteiger partial charge in [0.2, 0.25) is 0 Å². The molecule has 22 heavy (non-hydrogen) atoms. The van der Waals surface area contributed by atoms with Crippen LogP contribution in [0.4, 0.5) is 0 Å². The lowest BCUT2D eigenvalue weighted by molar-refractivity contribution is -0.151. The van der Waals surface area contributed by atoms with Crippen molar-refractivity contribution in [2.45, 2.75) is 13.3 Å². The van der Waals surface area contributed by atoms with E-state index in [-0.39, 0.29) is 18.2 Å². The number of ketones is 1. The monoisotopic (exact) mass is 305 g/mol. The number of amides is 1. The number of carbonyl (C=O) groups is 3. The largest absolute Gasteiger partial charge is 0.496 e. The summed E-state index contributed by atoms with van der Waals surface area (Å²) in [6.45, 7) is 2.14. The number of esters is 1. The van der Waals surface area contributed by atoms with Gasteiger partial charge in [0.15, 0.2) is 5.78 Å². The summed E-state index contributed by atoms with van der Waals surface area (Å²) in [5.41, 5.74) is 1.35. The van der Waals surface area contributed by atoms with Crippen LogP contribution in [0.2, 0.25) is 0 Å². The van der Waals surface area contributed by atoms with Gasteiger partial charge in [-0.1, -0.05) is 0 Å². The van der Waals surface area contributed by atoms with E-state index in [2.05, 4.69) is 4.74 Å². The van der Waals surface area contributed by atoms with Gasteiger partial charge < -0.3 is 14.4 Å². The highest BCUT2D eigenvalue weighted by Gasteiger charge is 2.35. The highest BCUT2D eigenvalue weighted by Crippen LogP contribution is 2.22. The highest BCUT2D eigenvalue weighted by molar-refractivity contribution is 6.04. The van der Waals surface area contributed by atoms with E-state index in [0.29, 0.717) is 24.3 Å². The van der Waals surface area contributed by atoms with Crippen LogP contribution >= 0.6 is 0 Å². The molecular weight excluding hydrogens is 286 g/mol. The van der Waals surface area contributed by atoms with Gasteiger partial charge in [-0.15, -0.1) is 0 Å². The molecule has 1 aromatic carbocycles. The van der Waals surface area contributed by atoms with Crippen LogP contribution in [0.25, 0.3) is 0 Å². The van der Waals surface area contributed by atoms with Crippen molar-refractivity contribution in [3.63, 3.8) is 0 Å². The molecule has 6 nitrogen and oxygen atoms in total. The van der Waals surface area contributed by atoms with E-state index in [1.807, 2.05) is 6.92 Å². The van der Waals surface area contributed by atoms with Crippen LogP contribution in [0, 0.1) is 12.8 Å². The summed E-state index contributed by atoms with van der Waals surface area (Å²) in [6, 6.07) is 5.13. The third-order valence-electron chi connectivity index (χ3n) is 3.84. The average Bonchev–Trinajstić information content (AvgIpc) is 2.53. The van der Waals surface area contributed by atoms with Crippen LogP contribution in [0.5, 0.6) is 5.75 Å². The van der Waals surface area contributed by atoms with E-state index in [1.54, 1.807) is 25.3 Å². The Bertz CT molecular complexity index is 611. The van der Waals surface area contributed by atoms with Gasteiger partial charge in [-0.3, -0.25) is 14.4 Å². The minimum Gasteiger partial charge on any atom is -0.496 e. The Morgan fingerprint density at radius 3 is 2.55 bits per heavy atom. The van der Waals surface area contributed by atoms with E-state index in [0.717, 1.165) is 5.56 Å². The third kappa shape index (κ3) is 3.10. The molecule has 0 bridgehead atoms. The lowest BCUT2D eigenvalue weighted by Gasteiger charge is -2.29. The summed E-state index contributed by atoms with van der Waals surface area (Å²) in [4.78, 5) is 37.4. The Balaban J connectivity index is 2.10. The molecule has 1 unspecified atom stereocenters. The number of hydrogen-bond acceptors (Lipinski definition) is 5. The smallest absolute Gasteiger partial charge is 0.316 e. The molecule has 1 heterocycles. The molecule has 0 spiro atoms. The maximum Gasteiger partial charge on any atom is 0.316 e. The summed E-state index contributed by atoms with van der Waals surface area (Å²) in [7, 11) is 2.83. The first kappa shape index (κ1) is 16.0. The summed E-state index contributed by atoms with van der Waals surface area (Å²) < 4.78 is 9.77. The molecule has 1 aliphatic rings. The SMILES string of the molecule is COC(=O)C1CCN(C(=O)c2ccc(OC)c(C)c2)CC1=O. The molecule has 0 radical (unpaired) electrons. The quantitative estimate of drug-likeness (QED) is 0.620. The number of benzene rings is 1. The minimum absolute atomic E-state index is 0.0658. The topological polar surface area (TPSA) is 72.9 Å². The van der Waals surface area contributed by atoms with Crippen molar-refractivity contribution in [2.75, 3.05) is 27.3 Å². The Morgan fingerprint density at radius 2 is 2.00 bits per heavy atom. The maximum absolute atomic E-state index is 12.5. The summed E-state index contributed by atoms with van der Waals surface area (Å²) >= 11 is 0. The molecule has 0 N–H and O–H groups in total. The van der Waals surface area contributed by atoms with Gasteiger partial charge in [0.05, 0.1) is 20.8 Å². The predicted octanol–water partition coefficient (Wildman–Crippen LogP) is 1.21. The molecule has 118 valence electrons. The number of piperidine rings is 1. The number of rotatable bonds is 3. The van der Waals surface area contributed by atoms with Gasteiger partial charge in [-0.05, 0) is 37.1 Å². The summed E-state index contributed by atoms with van der Waals surface area (Å²) in [6.07, 6.45) is 0.298. The zero-order valence-electron chi connectivity index (χ0n) is 12.9. The second-order valence-corrected chi connectivity index (χ2v) is 5.24. The predicted molar refractivity (Wildman–Crippen MR) is 78.8 cm³/mol. The minimum atomic E-state index is -0.758. The normalized spacial score (nSPS) is 18.0. The van der Waals surface area contributed by atoms with Crippen molar-refractivity contribution in [1.82, 2.24) is 4.90 Å². The highest BCUT2D eigenvalue weighted by atomic mass is 16.5. The number of Topliss-reactive ketones (excluding diaryl/α,β-unsaturated/α-hetero) is 1. The van der Waals surface area contributed by atoms with Crippen LogP contribution in [0.1, 0.15) is 22.3 Å². The molecule has 0 aliphatic carbocycles. The van der Waals surface area contributed by atoms with Crippen LogP contribution in [-0.2, 0) is 14.3 Å². The number of methoxy groups -OCH3 is 2. The molecule has 1 saturated heterocycles. The molecule has 0 saturated carbocycles. The Hall–Kier alpha value is -2.37. The van der Waals surface area contributed by atoms with Crippen LogP contribution in [-0.4, -0.2) is 49.9 Å². The molecule has 1 aliphatic heterocycles. The van der Waals surface area contributed by atoms with E-state index in [4.69, 9.17) is 4.74 Å². The van der Waals surface area contributed by atoms with Crippen LogP contribution in [0.3, 0.4) is 0 Å². The van der Waals surface area contributed by atoms with Crippen molar-refractivity contribution in [3.8, 4) is 5.75 Å². The lowest BCUT2D eigenvalue weighted by atomic mass is 9.95. The molecule has 1 aromatic rings. The zero-order chi connectivity index (χ0) is 16.3. The second-order valence-electron chi connectivity index (χ2n) is 5.24. The Kier molecular flexibility index (Phi) is 4.80. The standard InChI is InChI=1S/C16H19NO5/c1-10-8-11(4-5-14(10)21-2)15(19)17-7-6-12(13(18)9-17)16(20)22-3/h4-5,8,12H,6-7,9H2,1-3H3. The van der Waals surface area contributed by atoms with Gasteiger partial charge in [0.25, 0.3) is 5.91 Å². The first-order chi connectivity index (χ1) is 10.5. The van der Waals surface area contributed by atoms with Crippen molar-refractivity contribution >= 4 is 17.7 Å². The van der Waals surface area contributed by atoms with Crippen molar-refractivity contribution < 1.29 is 23.9 Å². The van der Waals surface area contributed by atoms with E-state index in [9.17, 15) is 14.4 Å². The summed E-state index contributed by atoms with van der Waals surface area (Å²) in [5.74, 6) is -1.08. The fraction of sp³-hybridized carbons (Fsp3) is 0.438. The fourth-order valence-corrected chi connectivity index (χ4v) is 2.58. The first-order valence-electron chi connectivity index (χ1n) is 7.02. The summed E-state index contributed by atoms with van der Waals surface area (Å²) in [5, 5.41) is 0. The van der Waals surface area contributed by atoms with Gasteiger partial charge >= 0.3 is 5.97 Å². The molecular formula is C16H19NO5. The van der Waals surface area contributed by atoms with E-state index >= 15 is 0 Å². The second kappa shape index (κ2) is 6.60. The number of nitrogens with zero attached hydrogens (tertiary/aromatic N) is 1. The Morgan fingerprint density at radius 1 is 1.27 bits per heavy atom. The zero-order valence-corrected chi connectivity index (χ0v) is 12.9. The van der Waals surface area contributed by atoms with Gasteiger partial charge in [-0.25, -0.2) is 0 Å². The van der Waals surface area contributed by atoms with Crippen molar-refractivity contribution in [1.29, 1.82) is 0 Å². The maximum atomic E-state index is 12.5. The molecule has 2 rings (SSSR count). The third-order valence-corrected chi connectivity index (χ3v) is 3.84. The Labute approximate surface area is 129 Å². The van der Waals surface area contributed by atoms with Gasteiger partial charge in [0, 0.05) is 12.1 Å². The number of carbonyl (C=O) groups excluding carboxylic acids is 3. The molecule has 1 amide bonds. The number of ether oxygens (including phenoxy) is 2. The number of aryl methyl sites for hydroxylation is 1. The molecule has 0 aromatic heterocycles. The molecule has 6 heteroatoms. The van der Waals surface area contributed by atoms with Crippen molar-refractivity contribution in [3.05, 3.63) is 29.3 Å². The van der Waals surface area contributed by atoms with Crippen LogP contribution in [0.15, 0.2) is 18.2 Å². The number of likely N-dealkylation sites (tertiary alicyclic amines) is 1. The molecule has 1 fully saturated rings. The van der Waals surface area contributed by atoms with Crippen molar-refractivity contribution in [2.24, 2.45) is 5.92 Å².